The number of amidine groups is 1. The van der Waals surface area contributed by atoms with Crippen LogP contribution in [0.1, 0.15) is 38.5 Å². The number of aliphatic imine (C=N–C) groups is 1. The monoisotopic (exact) mass is 207 g/mol. The van der Waals surface area contributed by atoms with Crippen LogP contribution in [0.4, 0.5) is 0 Å². The second kappa shape index (κ2) is 3.48. The summed E-state index contributed by atoms with van der Waals surface area (Å²) < 4.78 is 0. The zero-order valence-corrected chi connectivity index (χ0v) is 9.52. The van der Waals surface area contributed by atoms with E-state index >= 15 is 0 Å². The summed E-state index contributed by atoms with van der Waals surface area (Å²) in [7, 11) is 2.27. The molecule has 0 aromatic rings. The molecule has 2 atom stereocenters. The van der Waals surface area contributed by atoms with Crippen molar-refractivity contribution >= 4 is 5.84 Å². The fourth-order valence-corrected chi connectivity index (χ4v) is 3.17. The van der Waals surface area contributed by atoms with Crippen LogP contribution in [0.25, 0.3) is 0 Å². The minimum atomic E-state index is 0.583. The maximum atomic E-state index is 6.12. The third-order valence-corrected chi connectivity index (χ3v) is 4.40. The van der Waals surface area contributed by atoms with Gasteiger partial charge in [0.25, 0.3) is 0 Å². The first-order valence-corrected chi connectivity index (χ1v) is 6.29. The number of nitrogens with zero attached hydrogens (tertiary/aromatic N) is 2. The molecule has 3 heteroatoms. The van der Waals surface area contributed by atoms with Gasteiger partial charge in [0.1, 0.15) is 0 Å². The maximum Gasteiger partial charge on any atom is 0.0973 e. The fourth-order valence-electron chi connectivity index (χ4n) is 3.17. The van der Waals surface area contributed by atoms with Gasteiger partial charge in [-0.1, -0.05) is 0 Å². The minimum absolute atomic E-state index is 0.583. The number of nitrogens with two attached hydrogens (primary N) is 1. The van der Waals surface area contributed by atoms with E-state index in [1.165, 1.54) is 38.5 Å². The molecule has 84 valence electrons. The lowest BCUT2D eigenvalue weighted by molar-refractivity contribution is 0.158. The van der Waals surface area contributed by atoms with E-state index in [1.54, 1.807) is 0 Å². The molecule has 0 radical (unpaired) electrons. The average Bonchev–Trinajstić information content (AvgIpc) is 2.98. The van der Waals surface area contributed by atoms with Gasteiger partial charge in [0, 0.05) is 18.0 Å². The van der Waals surface area contributed by atoms with E-state index in [4.69, 9.17) is 5.73 Å². The van der Waals surface area contributed by atoms with Crippen LogP contribution in [-0.4, -0.2) is 35.9 Å². The molecule has 2 N–H and O–H groups in total. The second-order valence-corrected chi connectivity index (χ2v) is 5.50. The van der Waals surface area contributed by atoms with Gasteiger partial charge in [0.05, 0.1) is 11.9 Å². The van der Waals surface area contributed by atoms with Crippen LogP contribution in [-0.2, 0) is 0 Å². The largest absolute Gasteiger partial charge is 0.387 e. The van der Waals surface area contributed by atoms with Crippen LogP contribution < -0.4 is 5.73 Å². The number of hydrogen-bond acceptors (Lipinski definition) is 2. The van der Waals surface area contributed by atoms with E-state index in [-0.39, 0.29) is 0 Å². The normalized spacial score (nSPS) is 42.2. The van der Waals surface area contributed by atoms with Crippen molar-refractivity contribution < 1.29 is 0 Å². The van der Waals surface area contributed by atoms with E-state index in [0.717, 1.165) is 17.9 Å². The predicted molar refractivity (Wildman–Crippen MR) is 61.9 cm³/mol. The first-order chi connectivity index (χ1) is 7.24. The molecule has 2 bridgehead atoms. The van der Waals surface area contributed by atoms with Crippen molar-refractivity contribution in [2.75, 3.05) is 7.05 Å². The Kier molecular flexibility index (Phi) is 2.23. The molecule has 1 saturated carbocycles. The van der Waals surface area contributed by atoms with Gasteiger partial charge in [0.2, 0.25) is 0 Å². The Labute approximate surface area is 91.7 Å². The first kappa shape index (κ1) is 9.64. The van der Waals surface area contributed by atoms with Crippen LogP contribution in [0.2, 0.25) is 0 Å². The van der Waals surface area contributed by atoms with Crippen molar-refractivity contribution in [3.05, 3.63) is 0 Å². The predicted octanol–water partition coefficient (Wildman–Crippen LogP) is 1.38. The summed E-state index contributed by atoms with van der Waals surface area (Å²) in [6.45, 7) is 0. The van der Waals surface area contributed by atoms with Gasteiger partial charge in [-0.15, -0.1) is 0 Å². The van der Waals surface area contributed by atoms with Gasteiger partial charge in [-0.25, -0.2) is 0 Å². The van der Waals surface area contributed by atoms with Crippen molar-refractivity contribution in [2.24, 2.45) is 16.6 Å². The maximum absolute atomic E-state index is 6.12. The molecule has 2 saturated heterocycles. The Hall–Kier alpha value is -0.570. The molecule has 3 nitrogen and oxygen atoms in total. The molecule has 0 spiro atoms. The molecule has 3 rings (SSSR count). The Morgan fingerprint density at radius 3 is 2.27 bits per heavy atom. The summed E-state index contributed by atoms with van der Waals surface area (Å²) in [6.07, 6.45) is 7.76. The minimum Gasteiger partial charge on any atom is -0.387 e. The Bertz CT molecular complexity index is 269. The lowest BCUT2D eigenvalue weighted by Gasteiger charge is -2.36. The van der Waals surface area contributed by atoms with Crippen molar-refractivity contribution in [3.8, 4) is 0 Å². The highest BCUT2D eigenvalue weighted by Crippen LogP contribution is 2.37. The third-order valence-electron chi connectivity index (χ3n) is 4.40. The molecule has 0 aromatic carbocycles. The Morgan fingerprint density at radius 1 is 1.13 bits per heavy atom. The van der Waals surface area contributed by atoms with Crippen LogP contribution in [0.15, 0.2) is 4.99 Å². The summed E-state index contributed by atoms with van der Waals surface area (Å²) in [5.41, 5.74) is 6.12. The molecule has 2 heterocycles. The number of piperidine rings is 1. The molecule has 2 unspecified atom stereocenters. The standard InChI is InChI=1S/C12H21N3/c1-15-10-4-5-11(15)7-8(6-10)12(13)14-9-2-3-9/h8-11H,2-7H2,1H3,(H2,13,14). The quantitative estimate of drug-likeness (QED) is 0.549. The van der Waals surface area contributed by atoms with Crippen LogP contribution in [0, 0.1) is 5.92 Å². The molecule has 3 aliphatic rings. The smallest absolute Gasteiger partial charge is 0.0973 e. The molecule has 3 fully saturated rings. The molecular formula is C12H21N3. The van der Waals surface area contributed by atoms with Gasteiger partial charge in [-0.2, -0.15) is 0 Å². The first-order valence-electron chi connectivity index (χ1n) is 6.29. The Balaban J connectivity index is 1.68. The van der Waals surface area contributed by atoms with Crippen LogP contribution >= 0.6 is 0 Å². The molecule has 0 amide bonds. The highest BCUT2D eigenvalue weighted by molar-refractivity contribution is 5.83. The lowest BCUT2D eigenvalue weighted by Crippen LogP contribution is -2.43. The number of rotatable bonds is 2. The van der Waals surface area contributed by atoms with Gasteiger partial charge < -0.3 is 10.6 Å². The second-order valence-electron chi connectivity index (χ2n) is 5.50. The van der Waals surface area contributed by atoms with Crippen molar-refractivity contribution in [1.29, 1.82) is 0 Å². The summed E-state index contributed by atoms with van der Waals surface area (Å²) in [4.78, 5) is 7.17. The topological polar surface area (TPSA) is 41.6 Å². The highest BCUT2D eigenvalue weighted by atomic mass is 15.2. The van der Waals surface area contributed by atoms with E-state index in [9.17, 15) is 0 Å². The van der Waals surface area contributed by atoms with Crippen LogP contribution in [0.3, 0.4) is 0 Å². The van der Waals surface area contributed by atoms with Gasteiger partial charge in [-0.05, 0) is 45.6 Å². The van der Waals surface area contributed by atoms with Gasteiger partial charge in [0.15, 0.2) is 0 Å². The van der Waals surface area contributed by atoms with E-state index in [0.29, 0.717) is 12.0 Å². The summed E-state index contributed by atoms with van der Waals surface area (Å²) in [5, 5.41) is 0. The lowest BCUT2D eigenvalue weighted by atomic mass is 9.90. The molecule has 2 aliphatic heterocycles. The summed E-state index contributed by atoms with van der Waals surface area (Å²) in [6, 6.07) is 2.14. The molecular weight excluding hydrogens is 186 g/mol. The summed E-state index contributed by atoms with van der Waals surface area (Å²) in [5.74, 6) is 1.54. The van der Waals surface area contributed by atoms with E-state index in [2.05, 4.69) is 16.9 Å². The summed E-state index contributed by atoms with van der Waals surface area (Å²) >= 11 is 0. The molecule has 15 heavy (non-hydrogen) atoms. The third kappa shape index (κ3) is 1.78. The Morgan fingerprint density at radius 2 is 1.73 bits per heavy atom. The van der Waals surface area contributed by atoms with E-state index < -0.39 is 0 Å². The average molecular weight is 207 g/mol. The molecule has 0 aromatic heterocycles. The van der Waals surface area contributed by atoms with Gasteiger partial charge in [-0.3, -0.25) is 4.99 Å². The zero-order chi connectivity index (χ0) is 10.4. The molecule has 1 aliphatic carbocycles. The zero-order valence-electron chi connectivity index (χ0n) is 9.52. The van der Waals surface area contributed by atoms with Crippen LogP contribution in [0.5, 0.6) is 0 Å². The highest BCUT2D eigenvalue weighted by Gasteiger charge is 2.39. The van der Waals surface area contributed by atoms with Gasteiger partial charge >= 0.3 is 0 Å². The fraction of sp³-hybridized carbons (Fsp3) is 0.917. The SMILES string of the molecule is CN1C2CCC1CC(C(N)=NC1CC1)C2. The number of hydrogen-bond donors (Lipinski definition) is 1. The van der Waals surface area contributed by atoms with Crippen molar-refractivity contribution in [2.45, 2.75) is 56.7 Å². The van der Waals surface area contributed by atoms with Crippen molar-refractivity contribution in [1.82, 2.24) is 4.90 Å². The van der Waals surface area contributed by atoms with E-state index in [1.807, 2.05) is 0 Å². The van der Waals surface area contributed by atoms with Crippen molar-refractivity contribution in [3.63, 3.8) is 0 Å². The number of fused-ring (bicyclic) bond motifs is 2.